The first-order chi connectivity index (χ1) is 15.8. The summed E-state index contributed by atoms with van der Waals surface area (Å²) < 4.78 is 27.9. The molecule has 0 aliphatic carbocycles. The Bertz CT molecular complexity index is 1200. The van der Waals surface area contributed by atoms with Gasteiger partial charge in [-0.15, -0.1) is 0 Å². The zero-order valence-corrected chi connectivity index (χ0v) is 21.0. The number of halogens is 1. The van der Waals surface area contributed by atoms with Crippen molar-refractivity contribution in [2.24, 2.45) is 0 Å². The van der Waals surface area contributed by atoms with E-state index in [2.05, 4.69) is 30.4 Å². The van der Waals surface area contributed by atoms with Gasteiger partial charge in [-0.1, -0.05) is 59.6 Å². The predicted molar refractivity (Wildman–Crippen MR) is 138 cm³/mol. The third-order valence-electron chi connectivity index (χ3n) is 4.97. The highest BCUT2D eigenvalue weighted by Crippen LogP contribution is 2.28. The maximum Gasteiger partial charge on any atom is 0.264 e. The van der Waals surface area contributed by atoms with Crippen LogP contribution in [0, 0.1) is 13.8 Å². The molecule has 0 atom stereocenters. The van der Waals surface area contributed by atoms with E-state index in [1.165, 1.54) is 23.3 Å². The number of rotatable bonds is 10. The molecule has 0 saturated heterocycles. The maximum absolute atomic E-state index is 13.4. The van der Waals surface area contributed by atoms with Crippen LogP contribution in [0.3, 0.4) is 0 Å². The largest absolute Gasteiger partial charge is 0.354 e. The van der Waals surface area contributed by atoms with Crippen molar-refractivity contribution < 1.29 is 13.2 Å². The van der Waals surface area contributed by atoms with Crippen LogP contribution in [-0.4, -0.2) is 33.2 Å². The van der Waals surface area contributed by atoms with Crippen molar-refractivity contribution in [2.45, 2.75) is 24.5 Å². The molecule has 0 aromatic heterocycles. The van der Waals surface area contributed by atoms with Gasteiger partial charge in [0.2, 0.25) is 5.91 Å². The van der Waals surface area contributed by atoms with Crippen molar-refractivity contribution in [1.82, 2.24) is 5.32 Å². The molecule has 0 heterocycles. The molecule has 1 amide bonds. The molecule has 0 bridgehead atoms. The second kappa shape index (κ2) is 11.6. The Morgan fingerprint density at radius 2 is 1.76 bits per heavy atom. The van der Waals surface area contributed by atoms with Crippen molar-refractivity contribution >= 4 is 45.0 Å². The molecule has 0 spiro atoms. The molecule has 0 aliphatic heterocycles. The fourth-order valence-electron chi connectivity index (χ4n) is 3.36. The molecule has 0 radical (unpaired) electrons. The highest BCUT2D eigenvalue weighted by molar-refractivity contribution is 7.98. The van der Waals surface area contributed by atoms with Crippen LogP contribution in [0.1, 0.15) is 16.7 Å². The molecule has 33 heavy (non-hydrogen) atoms. The van der Waals surface area contributed by atoms with Crippen LogP contribution >= 0.6 is 23.4 Å². The van der Waals surface area contributed by atoms with Gasteiger partial charge in [-0.25, -0.2) is 8.42 Å². The molecule has 0 fully saturated rings. The third-order valence-corrected chi connectivity index (χ3v) is 8.01. The summed E-state index contributed by atoms with van der Waals surface area (Å²) in [7, 11) is -3.94. The third kappa shape index (κ3) is 7.00. The Hall–Kier alpha value is -2.48. The summed E-state index contributed by atoms with van der Waals surface area (Å²) in [5.41, 5.74) is 3.55. The summed E-state index contributed by atoms with van der Waals surface area (Å²) >= 11 is 7.78. The number of anilines is 1. The van der Waals surface area contributed by atoms with Gasteiger partial charge >= 0.3 is 0 Å². The Morgan fingerprint density at radius 3 is 2.45 bits per heavy atom. The number of nitrogens with one attached hydrogen (secondary N) is 1. The number of hydrogen-bond donors (Lipinski definition) is 1. The molecule has 0 unspecified atom stereocenters. The van der Waals surface area contributed by atoms with Crippen LogP contribution in [0.5, 0.6) is 0 Å². The fraction of sp³-hybridized carbons (Fsp3) is 0.240. The van der Waals surface area contributed by atoms with Crippen LogP contribution in [0.4, 0.5) is 5.69 Å². The first-order valence-electron chi connectivity index (χ1n) is 10.5. The minimum Gasteiger partial charge on any atom is -0.354 e. The highest BCUT2D eigenvalue weighted by atomic mass is 35.5. The van der Waals surface area contributed by atoms with Gasteiger partial charge in [-0.2, -0.15) is 11.8 Å². The van der Waals surface area contributed by atoms with Gasteiger partial charge < -0.3 is 5.32 Å². The fourth-order valence-corrected chi connectivity index (χ4v) is 5.90. The Morgan fingerprint density at radius 1 is 1.00 bits per heavy atom. The van der Waals surface area contributed by atoms with Gasteiger partial charge in [-0.05, 0) is 55.3 Å². The van der Waals surface area contributed by atoms with Gasteiger partial charge in [0.25, 0.3) is 10.0 Å². The van der Waals surface area contributed by atoms with Crippen molar-refractivity contribution in [3.8, 4) is 0 Å². The number of sulfonamides is 1. The monoisotopic (exact) mass is 502 g/mol. The van der Waals surface area contributed by atoms with E-state index in [0.717, 1.165) is 15.8 Å². The second-order valence-electron chi connectivity index (χ2n) is 7.65. The molecule has 5 nitrogen and oxygen atoms in total. The lowest BCUT2D eigenvalue weighted by Gasteiger charge is -2.25. The average Bonchev–Trinajstić information content (AvgIpc) is 2.78. The van der Waals surface area contributed by atoms with Gasteiger partial charge in [0.1, 0.15) is 6.54 Å². The molecule has 8 heteroatoms. The molecule has 0 aliphatic rings. The molecular weight excluding hydrogens is 476 g/mol. The summed E-state index contributed by atoms with van der Waals surface area (Å²) in [5, 5.41) is 3.35. The number of aryl methyl sites for hydroxylation is 2. The minimum atomic E-state index is -3.94. The van der Waals surface area contributed by atoms with E-state index < -0.39 is 10.0 Å². The lowest BCUT2D eigenvalue weighted by Crippen LogP contribution is -2.41. The SMILES string of the molecule is Cc1cccc(CSCCNC(=O)CN(c2ccc(Cl)cc2C)S(=O)(=O)c2ccccc2)c1. The lowest BCUT2D eigenvalue weighted by atomic mass is 10.2. The lowest BCUT2D eigenvalue weighted by molar-refractivity contribution is -0.119. The first-order valence-corrected chi connectivity index (χ1v) is 13.5. The van der Waals surface area contributed by atoms with Crippen molar-refractivity contribution in [3.05, 3.63) is 94.5 Å². The summed E-state index contributed by atoms with van der Waals surface area (Å²) in [4.78, 5) is 12.8. The standard InChI is InChI=1S/C25H27ClN2O3S2/c1-19-7-6-8-21(15-19)18-32-14-13-27-25(29)17-28(24-12-11-22(26)16-20(24)2)33(30,31)23-9-4-3-5-10-23/h3-12,15-16H,13-14,17-18H2,1-2H3,(H,27,29). The molecule has 174 valence electrons. The Labute approximate surface area is 205 Å². The molecular formula is C25H27ClN2O3S2. The summed E-state index contributed by atoms with van der Waals surface area (Å²) in [5.74, 6) is 1.22. The predicted octanol–water partition coefficient (Wildman–Crippen LogP) is 5.20. The van der Waals surface area contributed by atoms with Crippen LogP contribution in [0.2, 0.25) is 5.02 Å². The summed E-state index contributed by atoms with van der Waals surface area (Å²) in [6.45, 7) is 3.97. The number of hydrogen-bond acceptors (Lipinski definition) is 4. The van der Waals surface area contributed by atoms with E-state index in [1.807, 2.05) is 6.07 Å². The van der Waals surface area contributed by atoms with Gasteiger partial charge in [0.05, 0.1) is 10.6 Å². The van der Waals surface area contributed by atoms with Crippen LogP contribution in [0.15, 0.2) is 77.7 Å². The molecule has 3 rings (SSSR count). The van der Waals surface area contributed by atoms with Crippen LogP contribution in [0.25, 0.3) is 0 Å². The van der Waals surface area contributed by atoms with Crippen LogP contribution < -0.4 is 9.62 Å². The van der Waals surface area contributed by atoms with E-state index in [1.54, 1.807) is 55.1 Å². The smallest absolute Gasteiger partial charge is 0.264 e. The van der Waals surface area contributed by atoms with Crippen LogP contribution in [-0.2, 0) is 20.6 Å². The quantitative estimate of drug-likeness (QED) is 0.387. The van der Waals surface area contributed by atoms with E-state index in [9.17, 15) is 13.2 Å². The maximum atomic E-state index is 13.4. The highest BCUT2D eigenvalue weighted by Gasteiger charge is 2.28. The molecule has 0 saturated carbocycles. The normalized spacial score (nSPS) is 11.2. The van der Waals surface area contributed by atoms with E-state index in [-0.39, 0.29) is 17.3 Å². The summed E-state index contributed by atoms with van der Waals surface area (Å²) in [6.07, 6.45) is 0. The second-order valence-corrected chi connectivity index (χ2v) is 11.1. The van der Waals surface area contributed by atoms with Gasteiger partial charge in [0, 0.05) is 23.1 Å². The zero-order chi connectivity index (χ0) is 23.8. The Kier molecular flexibility index (Phi) is 8.83. The topological polar surface area (TPSA) is 66.5 Å². The van der Waals surface area contributed by atoms with E-state index in [0.29, 0.717) is 22.8 Å². The number of nitrogens with zero attached hydrogens (tertiary/aromatic N) is 1. The van der Waals surface area contributed by atoms with E-state index in [4.69, 9.17) is 11.6 Å². The van der Waals surface area contributed by atoms with Crippen molar-refractivity contribution in [1.29, 1.82) is 0 Å². The first kappa shape index (κ1) is 25.1. The Balaban J connectivity index is 1.66. The minimum absolute atomic E-state index is 0.126. The number of amides is 1. The average molecular weight is 503 g/mol. The van der Waals surface area contributed by atoms with Gasteiger partial charge in [0.15, 0.2) is 0 Å². The zero-order valence-electron chi connectivity index (χ0n) is 18.6. The van der Waals surface area contributed by atoms with Crippen molar-refractivity contribution in [3.63, 3.8) is 0 Å². The molecule has 3 aromatic carbocycles. The molecule has 1 N–H and O–H groups in total. The van der Waals surface area contributed by atoms with E-state index >= 15 is 0 Å². The number of carbonyl (C=O) groups excluding carboxylic acids is 1. The molecule has 3 aromatic rings. The number of benzene rings is 3. The number of thioether (sulfide) groups is 1. The van der Waals surface area contributed by atoms with Gasteiger partial charge in [-0.3, -0.25) is 9.10 Å². The van der Waals surface area contributed by atoms with Crippen molar-refractivity contribution in [2.75, 3.05) is 23.1 Å². The number of carbonyl (C=O) groups is 1. The summed E-state index contributed by atoms with van der Waals surface area (Å²) in [6, 6.07) is 21.4.